The molecule has 1 aliphatic heterocycles. The Balaban J connectivity index is 1.57. The molecule has 6 nitrogen and oxygen atoms in total. The maximum Gasteiger partial charge on any atom is 0.133 e. The molecule has 3 rings (SSSR count). The minimum absolute atomic E-state index is 0.136. The number of nitrogens with one attached hydrogen (secondary N) is 1. The fourth-order valence-corrected chi connectivity index (χ4v) is 4.39. The molecule has 182 valence electrons. The SMILES string of the molecule is CC(C)(c1ccc(OC[C@@H](O)CN2CCNCC2)cc1)c1ccc(OC[C@H](O)CCl)c(Br)c1. The molecular formula is C25H34BrClN2O4. The molecule has 8 heteroatoms. The highest BCUT2D eigenvalue weighted by Crippen LogP contribution is 2.36. The lowest BCUT2D eigenvalue weighted by molar-refractivity contribution is 0.0641. The number of hydrogen-bond acceptors (Lipinski definition) is 6. The highest BCUT2D eigenvalue weighted by molar-refractivity contribution is 9.10. The molecule has 1 aliphatic rings. The van der Waals surface area contributed by atoms with Crippen LogP contribution in [0, 0.1) is 0 Å². The summed E-state index contributed by atoms with van der Waals surface area (Å²) in [7, 11) is 0. The van der Waals surface area contributed by atoms with Crippen LogP contribution >= 0.6 is 27.5 Å². The Morgan fingerprint density at radius 2 is 1.64 bits per heavy atom. The first-order chi connectivity index (χ1) is 15.8. The van der Waals surface area contributed by atoms with Crippen LogP contribution in [-0.2, 0) is 5.41 Å². The van der Waals surface area contributed by atoms with Crippen LogP contribution in [0.1, 0.15) is 25.0 Å². The summed E-state index contributed by atoms with van der Waals surface area (Å²) >= 11 is 9.20. The zero-order valence-electron chi connectivity index (χ0n) is 19.3. The number of aliphatic hydroxyl groups is 2. The van der Waals surface area contributed by atoms with Gasteiger partial charge in [-0.05, 0) is 51.3 Å². The number of ether oxygens (including phenoxy) is 2. The van der Waals surface area contributed by atoms with Crippen molar-refractivity contribution in [1.82, 2.24) is 10.2 Å². The fraction of sp³-hybridized carbons (Fsp3) is 0.520. The standard InChI is InChI=1S/C25H34BrClN2O4/c1-25(2,19-5-8-24(23(26)13-19)33-16-20(30)14-27)18-3-6-22(7-4-18)32-17-21(31)15-29-11-9-28-10-12-29/h3-8,13,20-21,28,30-31H,9-12,14-17H2,1-2H3/t20-,21+/m1/s1. The van der Waals surface area contributed by atoms with Crippen LogP contribution in [0.4, 0.5) is 0 Å². The van der Waals surface area contributed by atoms with Crippen molar-refractivity contribution in [2.24, 2.45) is 0 Å². The monoisotopic (exact) mass is 540 g/mol. The molecule has 1 heterocycles. The van der Waals surface area contributed by atoms with Crippen molar-refractivity contribution in [3.63, 3.8) is 0 Å². The summed E-state index contributed by atoms with van der Waals surface area (Å²) in [5, 5.41) is 23.2. The van der Waals surface area contributed by atoms with Crippen LogP contribution in [0.5, 0.6) is 11.5 Å². The van der Waals surface area contributed by atoms with Gasteiger partial charge in [0.05, 0.1) is 10.4 Å². The van der Waals surface area contributed by atoms with Gasteiger partial charge in [0.25, 0.3) is 0 Å². The summed E-state index contributed by atoms with van der Waals surface area (Å²) in [6, 6.07) is 14.0. The molecule has 0 bridgehead atoms. The summed E-state index contributed by atoms with van der Waals surface area (Å²) in [4.78, 5) is 2.25. The molecule has 0 aliphatic carbocycles. The van der Waals surface area contributed by atoms with E-state index in [0.717, 1.165) is 47.5 Å². The molecule has 0 amide bonds. The number of β-amino-alcohol motifs (C(OH)–C–C–N with tert-alkyl or cyclic N) is 1. The zero-order valence-corrected chi connectivity index (χ0v) is 21.6. The average Bonchev–Trinajstić information content (AvgIpc) is 2.82. The van der Waals surface area contributed by atoms with Gasteiger partial charge < -0.3 is 25.0 Å². The van der Waals surface area contributed by atoms with Crippen molar-refractivity contribution in [3.8, 4) is 11.5 Å². The number of rotatable bonds is 11. The van der Waals surface area contributed by atoms with E-state index in [4.69, 9.17) is 21.1 Å². The molecular weight excluding hydrogens is 508 g/mol. The van der Waals surface area contributed by atoms with Gasteiger partial charge in [-0.25, -0.2) is 0 Å². The van der Waals surface area contributed by atoms with Crippen LogP contribution < -0.4 is 14.8 Å². The molecule has 2 aromatic carbocycles. The maximum atomic E-state index is 10.3. The zero-order chi connectivity index (χ0) is 23.8. The van der Waals surface area contributed by atoms with Gasteiger partial charge >= 0.3 is 0 Å². The van der Waals surface area contributed by atoms with Gasteiger partial charge in [-0.1, -0.05) is 32.0 Å². The third-order valence-electron chi connectivity index (χ3n) is 5.96. The van der Waals surface area contributed by atoms with Crippen LogP contribution in [0.25, 0.3) is 0 Å². The molecule has 3 N–H and O–H groups in total. The predicted molar refractivity (Wildman–Crippen MR) is 136 cm³/mol. The molecule has 0 unspecified atom stereocenters. The smallest absolute Gasteiger partial charge is 0.133 e. The van der Waals surface area contributed by atoms with Gasteiger partial charge in [-0.3, -0.25) is 4.90 Å². The van der Waals surface area contributed by atoms with E-state index in [1.54, 1.807) is 0 Å². The van der Waals surface area contributed by atoms with Crippen molar-refractivity contribution in [3.05, 3.63) is 58.1 Å². The van der Waals surface area contributed by atoms with Crippen molar-refractivity contribution >= 4 is 27.5 Å². The number of hydrogen-bond donors (Lipinski definition) is 3. The van der Waals surface area contributed by atoms with Gasteiger partial charge in [0.2, 0.25) is 0 Å². The molecule has 1 saturated heterocycles. The molecule has 2 aromatic rings. The summed E-state index contributed by atoms with van der Waals surface area (Å²) in [6.07, 6.45) is -1.21. The van der Waals surface area contributed by atoms with Crippen LogP contribution in [0.15, 0.2) is 46.9 Å². The average molecular weight is 542 g/mol. The number of halogens is 2. The number of piperazine rings is 1. The Labute approximate surface area is 210 Å². The fourth-order valence-electron chi connectivity index (χ4n) is 3.81. The molecule has 2 atom stereocenters. The van der Waals surface area contributed by atoms with Gasteiger partial charge in [-0.2, -0.15) is 0 Å². The lowest BCUT2D eigenvalue weighted by Crippen LogP contribution is -2.47. The van der Waals surface area contributed by atoms with Crippen molar-refractivity contribution in [1.29, 1.82) is 0 Å². The Hall–Kier alpha value is -1.35. The number of alkyl halides is 1. The first-order valence-electron chi connectivity index (χ1n) is 11.3. The van der Waals surface area contributed by atoms with Crippen LogP contribution in [0.3, 0.4) is 0 Å². The minimum atomic E-state index is -0.696. The van der Waals surface area contributed by atoms with Crippen LogP contribution in [0.2, 0.25) is 0 Å². The molecule has 0 aromatic heterocycles. The molecule has 0 spiro atoms. The summed E-state index contributed by atoms with van der Waals surface area (Å²) in [5.74, 6) is 1.55. The highest BCUT2D eigenvalue weighted by atomic mass is 79.9. The quantitative estimate of drug-likeness (QED) is 0.379. The second kappa shape index (κ2) is 12.4. The third-order valence-corrected chi connectivity index (χ3v) is 6.94. The Kier molecular flexibility index (Phi) is 9.85. The first-order valence-corrected chi connectivity index (χ1v) is 12.6. The summed E-state index contributed by atoms with van der Waals surface area (Å²) in [5.41, 5.74) is 2.03. The van der Waals surface area contributed by atoms with E-state index in [9.17, 15) is 10.2 Å². The van der Waals surface area contributed by atoms with Gasteiger partial charge in [0.1, 0.15) is 36.9 Å². The highest BCUT2D eigenvalue weighted by Gasteiger charge is 2.24. The number of aliphatic hydroxyl groups excluding tert-OH is 2. The van der Waals surface area contributed by atoms with E-state index >= 15 is 0 Å². The van der Waals surface area contributed by atoms with E-state index in [-0.39, 0.29) is 24.5 Å². The molecule has 1 fully saturated rings. The lowest BCUT2D eigenvalue weighted by atomic mass is 9.78. The number of benzene rings is 2. The summed E-state index contributed by atoms with van der Waals surface area (Å²) in [6.45, 7) is 9.24. The maximum absolute atomic E-state index is 10.3. The molecule has 33 heavy (non-hydrogen) atoms. The van der Waals surface area contributed by atoms with Crippen molar-refractivity contribution in [2.45, 2.75) is 31.5 Å². The largest absolute Gasteiger partial charge is 0.491 e. The number of nitrogens with zero attached hydrogens (tertiary/aromatic N) is 1. The normalized spacial score (nSPS) is 16.9. The second-order valence-electron chi connectivity index (χ2n) is 8.93. The van der Waals surface area contributed by atoms with Gasteiger partial charge in [0, 0.05) is 38.1 Å². The third kappa shape index (κ3) is 7.57. The second-order valence-corrected chi connectivity index (χ2v) is 10.1. The Morgan fingerprint density at radius 3 is 2.27 bits per heavy atom. The first kappa shape index (κ1) is 26.3. The van der Waals surface area contributed by atoms with E-state index in [1.807, 2.05) is 30.3 Å². The predicted octanol–water partition coefficient (Wildman–Crippen LogP) is 3.40. The van der Waals surface area contributed by atoms with E-state index in [1.165, 1.54) is 0 Å². The molecule has 0 saturated carbocycles. The Bertz CT molecular complexity index is 875. The van der Waals surface area contributed by atoms with Crippen molar-refractivity contribution in [2.75, 3.05) is 51.8 Å². The molecule has 0 radical (unpaired) electrons. The minimum Gasteiger partial charge on any atom is -0.491 e. The van der Waals surface area contributed by atoms with Crippen LogP contribution in [-0.4, -0.2) is 79.1 Å². The van der Waals surface area contributed by atoms with Gasteiger partial charge in [0.15, 0.2) is 0 Å². The lowest BCUT2D eigenvalue weighted by Gasteiger charge is -2.29. The Morgan fingerprint density at radius 1 is 1.00 bits per heavy atom. The van der Waals surface area contributed by atoms with E-state index in [2.05, 4.69) is 52.1 Å². The van der Waals surface area contributed by atoms with E-state index in [0.29, 0.717) is 12.3 Å². The topological polar surface area (TPSA) is 74.2 Å². The van der Waals surface area contributed by atoms with Crippen molar-refractivity contribution < 1.29 is 19.7 Å². The van der Waals surface area contributed by atoms with Gasteiger partial charge in [-0.15, -0.1) is 11.6 Å². The van der Waals surface area contributed by atoms with E-state index < -0.39 is 12.2 Å². The summed E-state index contributed by atoms with van der Waals surface area (Å²) < 4.78 is 12.3.